The van der Waals surface area contributed by atoms with Gasteiger partial charge in [0.05, 0.1) is 20.3 Å². The van der Waals surface area contributed by atoms with Gasteiger partial charge in [-0.3, -0.25) is 4.79 Å². The molecule has 0 saturated carbocycles. The van der Waals surface area contributed by atoms with Crippen molar-refractivity contribution in [3.8, 4) is 11.5 Å². The molecule has 2 unspecified atom stereocenters. The van der Waals surface area contributed by atoms with Crippen LogP contribution in [0.2, 0.25) is 0 Å². The molecule has 1 amide bonds. The number of carbonyl (C=O) groups excluding carboxylic acids is 1. The Morgan fingerprint density at radius 1 is 1.03 bits per heavy atom. The highest BCUT2D eigenvalue weighted by Crippen LogP contribution is 2.28. The number of nitrogens with one attached hydrogen (secondary N) is 2. The third kappa shape index (κ3) is 7.80. The zero-order valence-corrected chi connectivity index (χ0v) is 20.0. The normalized spacial score (nSPS) is 13.1. The number of methoxy groups -OCH3 is 2. The van der Waals surface area contributed by atoms with Crippen molar-refractivity contribution in [2.24, 2.45) is 10.9 Å². The van der Waals surface area contributed by atoms with Gasteiger partial charge in [0.1, 0.15) is 6.54 Å². The molecule has 0 aliphatic rings. The highest BCUT2D eigenvalue weighted by atomic mass is 16.5. The molecule has 0 fully saturated rings. The van der Waals surface area contributed by atoms with Gasteiger partial charge in [-0.05, 0) is 42.5 Å². The van der Waals surface area contributed by atoms with Crippen molar-refractivity contribution < 1.29 is 14.3 Å². The second-order valence-corrected chi connectivity index (χ2v) is 8.11. The monoisotopic (exact) mass is 440 g/mol. The molecule has 0 aliphatic carbocycles. The van der Waals surface area contributed by atoms with Gasteiger partial charge in [-0.15, -0.1) is 0 Å². The molecule has 0 spiro atoms. The fourth-order valence-corrected chi connectivity index (χ4v) is 3.22. The number of amides is 1. The Labute approximate surface area is 191 Å². The van der Waals surface area contributed by atoms with Crippen LogP contribution in [-0.2, 0) is 11.2 Å². The summed E-state index contributed by atoms with van der Waals surface area (Å²) in [4.78, 5) is 18.1. The summed E-state index contributed by atoms with van der Waals surface area (Å²) >= 11 is 0. The number of rotatable bonds is 10. The van der Waals surface area contributed by atoms with E-state index in [1.807, 2.05) is 30.3 Å². The predicted octanol–water partition coefficient (Wildman–Crippen LogP) is 3.27. The van der Waals surface area contributed by atoms with Gasteiger partial charge < -0.3 is 25.0 Å². The number of guanidine groups is 1. The van der Waals surface area contributed by atoms with Crippen LogP contribution in [0.1, 0.15) is 31.0 Å². The molecular formula is C25H36N4O3. The molecule has 0 heterocycles. The topological polar surface area (TPSA) is 75.2 Å². The quantitative estimate of drug-likeness (QED) is 0.438. The van der Waals surface area contributed by atoms with Crippen LogP contribution < -0.4 is 20.1 Å². The molecule has 0 bridgehead atoms. The molecule has 2 aromatic carbocycles. The molecule has 2 N–H and O–H groups in total. The molecule has 7 nitrogen and oxygen atoms in total. The van der Waals surface area contributed by atoms with Gasteiger partial charge in [-0.2, -0.15) is 0 Å². The van der Waals surface area contributed by atoms with E-state index in [-0.39, 0.29) is 18.5 Å². The van der Waals surface area contributed by atoms with Crippen LogP contribution in [0, 0.1) is 5.92 Å². The Balaban J connectivity index is 2.03. The van der Waals surface area contributed by atoms with Gasteiger partial charge in [0.15, 0.2) is 17.5 Å². The highest BCUT2D eigenvalue weighted by molar-refractivity contribution is 5.85. The lowest BCUT2D eigenvalue weighted by Gasteiger charge is -2.21. The Morgan fingerprint density at radius 3 is 2.34 bits per heavy atom. The smallest absolute Gasteiger partial charge is 0.243 e. The summed E-state index contributed by atoms with van der Waals surface area (Å²) in [5.74, 6) is 2.36. The summed E-state index contributed by atoms with van der Waals surface area (Å²) in [6.07, 6.45) is 0.867. The summed E-state index contributed by atoms with van der Waals surface area (Å²) in [5.41, 5.74) is 2.32. The van der Waals surface area contributed by atoms with Crippen LogP contribution >= 0.6 is 0 Å². The fourth-order valence-electron chi connectivity index (χ4n) is 3.22. The minimum Gasteiger partial charge on any atom is -0.493 e. The van der Waals surface area contributed by atoms with Crippen LogP contribution in [0.5, 0.6) is 11.5 Å². The van der Waals surface area contributed by atoms with Gasteiger partial charge in [-0.1, -0.05) is 43.3 Å². The SMILES string of the molecule is COc1ccc(CC(C)CNC(=NCC(=O)N(C)C)NC(C)c2ccccc2)cc1OC. The summed E-state index contributed by atoms with van der Waals surface area (Å²) in [5, 5.41) is 6.81. The van der Waals surface area contributed by atoms with Gasteiger partial charge in [0.25, 0.3) is 0 Å². The first-order chi connectivity index (χ1) is 15.3. The van der Waals surface area contributed by atoms with E-state index < -0.39 is 0 Å². The van der Waals surface area contributed by atoms with Crippen molar-refractivity contribution in [1.29, 1.82) is 0 Å². The number of benzene rings is 2. The summed E-state index contributed by atoms with van der Waals surface area (Å²) < 4.78 is 10.7. The maximum atomic E-state index is 12.0. The molecule has 2 atom stereocenters. The van der Waals surface area contributed by atoms with Crippen LogP contribution in [-0.4, -0.2) is 58.2 Å². The largest absolute Gasteiger partial charge is 0.493 e. The molecule has 2 aromatic rings. The van der Waals surface area contributed by atoms with Crippen molar-refractivity contribution in [3.63, 3.8) is 0 Å². The number of hydrogen-bond donors (Lipinski definition) is 2. The minimum atomic E-state index is -0.0446. The fraction of sp³-hybridized carbons (Fsp3) is 0.440. The third-order valence-electron chi connectivity index (χ3n) is 5.17. The number of carbonyl (C=O) groups is 1. The van der Waals surface area contributed by atoms with E-state index in [0.717, 1.165) is 23.5 Å². The van der Waals surface area contributed by atoms with Crippen LogP contribution in [0.4, 0.5) is 0 Å². The van der Waals surface area contributed by atoms with Crippen LogP contribution in [0.15, 0.2) is 53.5 Å². The molecule has 0 radical (unpaired) electrons. The van der Waals surface area contributed by atoms with E-state index in [1.54, 1.807) is 33.2 Å². The molecule has 32 heavy (non-hydrogen) atoms. The predicted molar refractivity (Wildman–Crippen MR) is 129 cm³/mol. The summed E-state index contributed by atoms with van der Waals surface area (Å²) in [7, 11) is 6.74. The maximum Gasteiger partial charge on any atom is 0.243 e. The number of hydrogen-bond acceptors (Lipinski definition) is 4. The van der Waals surface area contributed by atoms with Crippen molar-refractivity contribution in [2.45, 2.75) is 26.3 Å². The molecule has 0 aliphatic heterocycles. The molecule has 174 valence electrons. The minimum absolute atomic E-state index is 0.0446. The standard InChI is InChI=1S/C25H36N4O3/c1-18(14-20-12-13-22(31-5)23(15-20)32-6)16-26-25(27-17-24(30)29(3)4)28-19(2)21-10-8-7-9-11-21/h7-13,15,18-19H,14,16-17H2,1-6H3,(H2,26,27,28). The van der Waals surface area contributed by atoms with Gasteiger partial charge in [-0.25, -0.2) is 4.99 Å². The van der Waals surface area contributed by atoms with Gasteiger partial charge >= 0.3 is 0 Å². The van der Waals surface area contributed by atoms with E-state index in [1.165, 1.54) is 5.56 Å². The molecule has 0 saturated heterocycles. The lowest BCUT2D eigenvalue weighted by Crippen LogP contribution is -2.41. The van der Waals surface area contributed by atoms with Gasteiger partial charge in [0, 0.05) is 20.6 Å². The maximum absolute atomic E-state index is 12.0. The van der Waals surface area contributed by atoms with Crippen LogP contribution in [0.3, 0.4) is 0 Å². The Morgan fingerprint density at radius 2 is 1.72 bits per heavy atom. The molecule has 2 rings (SSSR count). The lowest BCUT2D eigenvalue weighted by molar-refractivity contribution is -0.127. The molecule has 0 aromatic heterocycles. The zero-order chi connectivity index (χ0) is 23.5. The van der Waals surface area contributed by atoms with Gasteiger partial charge in [0.2, 0.25) is 5.91 Å². The Kier molecular flexibility index (Phi) is 9.85. The van der Waals surface area contributed by atoms with Crippen molar-refractivity contribution in [3.05, 3.63) is 59.7 Å². The van der Waals surface area contributed by atoms with E-state index in [4.69, 9.17) is 9.47 Å². The van der Waals surface area contributed by atoms with Crippen molar-refractivity contribution in [1.82, 2.24) is 15.5 Å². The summed E-state index contributed by atoms with van der Waals surface area (Å²) in [6.45, 7) is 5.05. The van der Waals surface area contributed by atoms with E-state index in [2.05, 4.69) is 47.7 Å². The van der Waals surface area contributed by atoms with Crippen LogP contribution in [0.25, 0.3) is 0 Å². The molecule has 7 heteroatoms. The number of aliphatic imine (C=N–C) groups is 1. The van der Waals surface area contributed by atoms with E-state index >= 15 is 0 Å². The summed E-state index contributed by atoms with van der Waals surface area (Å²) in [6, 6.07) is 16.2. The second-order valence-electron chi connectivity index (χ2n) is 8.11. The van der Waals surface area contributed by atoms with E-state index in [9.17, 15) is 4.79 Å². The van der Waals surface area contributed by atoms with Crippen molar-refractivity contribution in [2.75, 3.05) is 41.4 Å². The molecular weight excluding hydrogens is 404 g/mol. The number of ether oxygens (including phenoxy) is 2. The average Bonchev–Trinajstić information content (AvgIpc) is 2.80. The van der Waals surface area contributed by atoms with Crippen molar-refractivity contribution >= 4 is 11.9 Å². The Bertz CT molecular complexity index is 884. The average molecular weight is 441 g/mol. The third-order valence-corrected chi connectivity index (χ3v) is 5.17. The second kappa shape index (κ2) is 12.6. The Hall–Kier alpha value is -3.22. The lowest BCUT2D eigenvalue weighted by atomic mass is 10.0. The first-order valence-electron chi connectivity index (χ1n) is 10.8. The van der Waals surface area contributed by atoms with E-state index in [0.29, 0.717) is 18.4 Å². The first kappa shape index (κ1) is 25.0. The number of nitrogens with zero attached hydrogens (tertiary/aromatic N) is 2. The zero-order valence-electron chi connectivity index (χ0n) is 20.0. The highest BCUT2D eigenvalue weighted by Gasteiger charge is 2.12. The number of likely N-dealkylation sites (N-methyl/N-ethyl adjacent to an activating group) is 1. The first-order valence-corrected chi connectivity index (χ1v) is 10.8.